The third kappa shape index (κ3) is 6.93. The fourth-order valence-corrected chi connectivity index (χ4v) is 2.04. The van der Waals surface area contributed by atoms with Gasteiger partial charge >= 0.3 is 6.09 Å². The third-order valence-corrected chi connectivity index (χ3v) is 3.73. The second-order valence-electron chi connectivity index (χ2n) is 7.37. The molecule has 0 aliphatic rings. The van der Waals surface area contributed by atoms with Crippen LogP contribution in [0.15, 0.2) is 24.3 Å². The lowest BCUT2D eigenvalue weighted by molar-refractivity contribution is 0.0244. The Morgan fingerprint density at radius 1 is 1.26 bits per heavy atom. The summed E-state index contributed by atoms with van der Waals surface area (Å²) in [5, 5.41) is 3.51. The Morgan fingerprint density at radius 2 is 1.91 bits per heavy atom. The van der Waals surface area contributed by atoms with E-state index in [1.165, 1.54) is 0 Å². The molecule has 0 aliphatic carbocycles. The van der Waals surface area contributed by atoms with E-state index in [-0.39, 0.29) is 6.09 Å². The number of hydrogen-bond donors (Lipinski definition) is 1. The number of nitrogens with zero attached hydrogens (tertiary/aromatic N) is 1. The number of nitrogens with one attached hydrogen (secondary N) is 1. The first-order valence-electron chi connectivity index (χ1n) is 8.45. The number of carbonyl (C=O) groups excluding carboxylic acids is 1. The summed E-state index contributed by atoms with van der Waals surface area (Å²) in [4.78, 5) is 14.0. The molecule has 1 amide bonds. The van der Waals surface area contributed by atoms with Crippen LogP contribution in [0.3, 0.4) is 0 Å². The van der Waals surface area contributed by atoms with Gasteiger partial charge in [-0.2, -0.15) is 0 Å². The summed E-state index contributed by atoms with van der Waals surface area (Å²) in [6.07, 6.45) is -0.270. The molecule has 23 heavy (non-hydrogen) atoms. The van der Waals surface area contributed by atoms with Crippen LogP contribution in [0.25, 0.3) is 0 Å². The summed E-state index contributed by atoms with van der Waals surface area (Å²) < 4.78 is 5.46. The van der Waals surface area contributed by atoms with Crippen molar-refractivity contribution in [2.24, 2.45) is 5.92 Å². The lowest BCUT2D eigenvalue weighted by Crippen LogP contribution is -2.36. The average Bonchev–Trinajstić information content (AvgIpc) is 2.43. The van der Waals surface area contributed by atoms with Gasteiger partial charge in [0.2, 0.25) is 0 Å². The normalized spacial score (nSPS) is 12.9. The van der Waals surface area contributed by atoms with Gasteiger partial charge < -0.3 is 15.0 Å². The number of hydrogen-bond acceptors (Lipinski definition) is 3. The van der Waals surface area contributed by atoms with Gasteiger partial charge in [-0.1, -0.05) is 26.0 Å². The van der Waals surface area contributed by atoms with Crippen molar-refractivity contribution in [3.8, 4) is 0 Å². The largest absolute Gasteiger partial charge is 0.444 e. The van der Waals surface area contributed by atoms with Gasteiger partial charge in [-0.15, -0.1) is 0 Å². The molecule has 1 N–H and O–H groups in total. The standard InChI is InChI=1S/C19H32N2O2/c1-8-21(18(22)23-19(5,6)7)13-16-10-9-11-17(12-16)20-15(4)14(2)3/h9-12,14-15,20H,8,13H2,1-7H3. The van der Waals surface area contributed by atoms with Crippen LogP contribution in [-0.4, -0.2) is 29.2 Å². The van der Waals surface area contributed by atoms with Gasteiger partial charge in [0.05, 0.1) is 0 Å². The third-order valence-electron chi connectivity index (χ3n) is 3.73. The van der Waals surface area contributed by atoms with Crippen molar-refractivity contribution in [1.82, 2.24) is 4.90 Å². The molecule has 0 saturated heterocycles. The van der Waals surface area contributed by atoms with Crippen molar-refractivity contribution < 1.29 is 9.53 Å². The quantitative estimate of drug-likeness (QED) is 0.810. The topological polar surface area (TPSA) is 41.6 Å². The van der Waals surface area contributed by atoms with Crippen LogP contribution < -0.4 is 5.32 Å². The summed E-state index contributed by atoms with van der Waals surface area (Å²) >= 11 is 0. The maximum absolute atomic E-state index is 12.2. The highest BCUT2D eigenvalue weighted by atomic mass is 16.6. The van der Waals surface area contributed by atoms with Crippen LogP contribution in [0.1, 0.15) is 54.0 Å². The van der Waals surface area contributed by atoms with Crippen LogP contribution in [0.2, 0.25) is 0 Å². The van der Waals surface area contributed by atoms with Gasteiger partial charge in [0.1, 0.15) is 5.60 Å². The van der Waals surface area contributed by atoms with E-state index >= 15 is 0 Å². The second-order valence-corrected chi connectivity index (χ2v) is 7.37. The Labute approximate surface area is 141 Å². The predicted molar refractivity (Wildman–Crippen MR) is 96.7 cm³/mol. The fraction of sp³-hybridized carbons (Fsp3) is 0.632. The lowest BCUT2D eigenvalue weighted by Gasteiger charge is -2.27. The summed E-state index contributed by atoms with van der Waals surface area (Å²) in [5.41, 5.74) is 1.71. The molecule has 4 heteroatoms. The number of ether oxygens (including phenoxy) is 1. The zero-order chi connectivity index (χ0) is 17.6. The molecule has 0 spiro atoms. The van der Waals surface area contributed by atoms with Crippen molar-refractivity contribution in [3.05, 3.63) is 29.8 Å². The Kier molecular flexibility index (Phi) is 6.92. The molecule has 1 aromatic carbocycles. The van der Waals surface area contributed by atoms with Crippen molar-refractivity contribution >= 4 is 11.8 Å². The highest BCUT2D eigenvalue weighted by Gasteiger charge is 2.21. The van der Waals surface area contributed by atoms with Crippen LogP contribution in [-0.2, 0) is 11.3 Å². The van der Waals surface area contributed by atoms with Gasteiger partial charge in [0.15, 0.2) is 0 Å². The van der Waals surface area contributed by atoms with E-state index < -0.39 is 5.60 Å². The Hall–Kier alpha value is -1.71. The molecule has 0 saturated carbocycles. The van der Waals surface area contributed by atoms with E-state index in [0.29, 0.717) is 25.0 Å². The number of amides is 1. The molecule has 1 atom stereocenters. The van der Waals surface area contributed by atoms with E-state index in [1.807, 2.05) is 39.8 Å². The van der Waals surface area contributed by atoms with Crippen LogP contribution in [0.5, 0.6) is 0 Å². The van der Waals surface area contributed by atoms with E-state index in [9.17, 15) is 4.79 Å². The summed E-state index contributed by atoms with van der Waals surface area (Å²) in [6, 6.07) is 8.63. The van der Waals surface area contributed by atoms with Crippen molar-refractivity contribution in [1.29, 1.82) is 0 Å². The van der Waals surface area contributed by atoms with E-state index in [0.717, 1.165) is 11.3 Å². The molecule has 1 unspecified atom stereocenters. The first-order valence-corrected chi connectivity index (χ1v) is 8.45. The van der Waals surface area contributed by atoms with Gasteiger partial charge in [-0.05, 0) is 58.2 Å². The highest BCUT2D eigenvalue weighted by Crippen LogP contribution is 2.17. The molecule has 4 nitrogen and oxygen atoms in total. The SMILES string of the molecule is CCN(Cc1cccc(NC(C)C(C)C)c1)C(=O)OC(C)(C)C. The van der Waals surface area contributed by atoms with Crippen molar-refractivity contribution in [2.45, 2.75) is 66.7 Å². The Balaban J connectivity index is 2.76. The minimum atomic E-state index is -0.472. The van der Waals surface area contributed by atoms with Crippen molar-refractivity contribution in [2.75, 3.05) is 11.9 Å². The zero-order valence-corrected chi connectivity index (χ0v) is 15.6. The maximum atomic E-state index is 12.2. The summed E-state index contributed by atoms with van der Waals surface area (Å²) in [5.74, 6) is 0.563. The molecule has 0 aliphatic heterocycles. The maximum Gasteiger partial charge on any atom is 0.410 e. The van der Waals surface area contributed by atoms with E-state index in [1.54, 1.807) is 4.90 Å². The number of carbonyl (C=O) groups is 1. The predicted octanol–water partition coefficient (Wildman–Crippen LogP) is 4.90. The minimum Gasteiger partial charge on any atom is -0.444 e. The van der Waals surface area contributed by atoms with Crippen LogP contribution in [0.4, 0.5) is 10.5 Å². The number of benzene rings is 1. The molecule has 1 rings (SSSR count). The lowest BCUT2D eigenvalue weighted by atomic mass is 10.1. The zero-order valence-electron chi connectivity index (χ0n) is 15.6. The molecule has 0 aromatic heterocycles. The van der Waals surface area contributed by atoms with Gasteiger partial charge in [-0.3, -0.25) is 0 Å². The second kappa shape index (κ2) is 8.23. The molecule has 1 aromatic rings. The van der Waals surface area contributed by atoms with Gasteiger partial charge in [0, 0.05) is 24.8 Å². The minimum absolute atomic E-state index is 0.270. The molecule has 0 fully saturated rings. The first kappa shape index (κ1) is 19.3. The fourth-order valence-electron chi connectivity index (χ4n) is 2.04. The van der Waals surface area contributed by atoms with E-state index in [4.69, 9.17) is 4.74 Å². The smallest absolute Gasteiger partial charge is 0.410 e. The number of rotatable bonds is 6. The van der Waals surface area contributed by atoms with Crippen molar-refractivity contribution in [3.63, 3.8) is 0 Å². The Bertz CT molecular complexity index is 506. The van der Waals surface area contributed by atoms with Gasteiger partial charge in [-0.25, -0.2) is 4.79 Å². The van der Waals surface area contributed by atoms with Gasteiger partial charge in [0.25, 0.3) is 0 Å². The van der Waals surface area contributed by atoms with E-state index in [2.05, 4.69) is 38.2 Å². The molecular formula is C19H32N2O2. The molecular weight excluding hydrogens is 288 g/mol. The summed E-state index contributed by atoms with van der Waals surface area (Å²) in [7, 11) is 0. The average molecular weight is 320 g/mol. The molecule has 0 heterocycles. The van der Waals surface area contributed by atoms with Crippen LogP contribution >= 0.6 is 0 Å². The summed E-state index contributed by atoms with van der Waals surface area (Å²) in [6.45, 7) is 15.4. The first-order chi connectivity index (χ1) is 10.6. The molecule has 130 valence electrons. The van der Waals surface area contributed by atoms with Crippen LogP contribution in [0, 0.1) is 5.92 Å². The molecule has 0 radical (unpaired) electrons. The molecule has 0 bridgehead atoms. The Morgan fingerprint density at radius 3 is 2.43 bits per heavy atom. The number of anilines is 1. The highest BCUT2D eigenvalue weighted by molar-refractivity contribution is 5.68. The monoisotopic (exact) mass is 320 g/mol.